The number of aliphatic hydroxyl groups is 2. The van der Waals surface area contributed by atoms with Crippen molar-refractivity contribution < 1.29 is 15.0 Å². The van der Waals surface area contributed by atoms with E-state index in [1.54, 1.807) is 6.08 Å². The molecule has 0 aromatic rings. The number of aliphatic hydroxyl groups excluding tert-OH is 2. The molecule has 0 saturated carbocycles. The Labute approximate surface area is 273 Å². The minimum absolute atomic E-state index is 0.0745. The van der Waals surface area contributed by atoms with Gasteiger partial charge in [0.1, 0.15) is 0 Å². The largest absolute Gasteiger partial charge is 0.394 e. The maximum absolute atomic E-state index is 12.3. The third-order valence-corrected chi connectivity index (χ3v) is 8.01. The van der Waals surface area contributed by atoms with Crippen LogP contribution >= 0.6 is 0 Å². The van der Waals surface area contributed by atoms with E-state index >= 15 is 0 Å². The van der Waals surface area contributed by atoms with Crippen LogP contribution in [-0.4, -0.2) is 34.9 Å². The summed E-state index contributed by atoms with van der Waals surface area (Å²) in [4.78, 5) is 12.3. The molecule has 0 aliphatic rings. The summed E-state index contributed by atoms with van der Waals surface area (Å²) in [5, 5.41) is 22.7. The average Bonchev–Trinajstić information content (AvgIpc) is 3.03. The van der Waals surface area contributed by atoms with Crippen molar-refractivity contribution in [3.05, 3.63) is 60.8 Å². The zero-order valence-corrected chi connectivity index (χ0v) is 28.9. The molecule has 0 saturated heterocycles. The molecule has 4 nitrogen and oxygen atoms in total. The smallest absolute Gasteiger partial charge is 0.220 e. The van der Waals surface area contributed by atoms with Crippen molar-refractivity contribution in [1.82, 2.24) is 5.32 Å². The van der Waals surface area contributed by atoms with E-state index in [-0.39, 0.29) is 12.5 Å². The summed E-state index contributed by atoms with van der Waals surface area (Å²) in [6.45, 7) is 4.12. The molecule has 0 heterocycles. The van der Waals surface area contributed by atoms with Crippen LogP contribution in [0.2, 0.25) is 0 Å². The van der Waals surface area contributed by atoms with Gasteiger partial charge in [0.15, 0.2) is 0 Å². The number of allylic oxidation sites excluding steroid dienone is 9. The van der Waals surface area contributed by atoms with Crippen molar-refractivity contribution in [3.63, 3.8) is 0 Å². The first-order valence-electron chi connectivity index (χ1n) is 18.5. The van der Waals surface area contributed by atoms with Crippen molar-refractivity contribution >= 4 is 5.91 Å². The highest BCUT2D eigenvalue weighted by Crippen LogP contribution is 2.13. The monoisotopic (exact) mass is 614 g/mol. The number of unbranched alkanes of at least 4 members (excludes halogenated alkanes) is 17. The van der Waals surface area contributed by atoms with E-state index in [1.165, 1.54) is 96.3 Å². The molecular formula is C40H71NO3. The topological polar surface area (TPSA) is 69.6 Å². The molecule has 0 rings (SSSR count). The van der Waals surface area contributed by atoms with Crippen LogP contribution in [0.15, 0.2) is 60.8 Å². The molecule has 3 N–H and O–H groups in total. The molecule has 2 atom stereocenters. The Kier molecular flexibility index (Phi) is 34.0. The normalized spacial score (nSPS) is 13.8. The zero-order chi connectivity index (χ0) is 32.2. The molecule has 0 radical (unpaired) electrons. The van der Waals surface area contributed by atoms with E-state index in [2.05, 4.69) is 67.8 Å². The minimum atomic E-state index is -0.837. The molecule has 44 heavy (non-hydrogen) atoms. The fourth-order valence-electron chi connectivity index (χ4n) is 5.17. The summed E-state index contributed by atoms with van der Waals surface area (Å²) in [5.41, 5.74) is 0. The summed E-state index contributed by atoms with van der Waals surface area (Å²) in [6.07, 6.45) is 49.0. The maximum Gasteiger partial charge on any atom is 0.220 e. The van der Waals surface area contributed by atoms with E-state index in [0.717, 1.165) is 51.4 Å². The molecule has 4 heteroatoms. The van der Waals surface area contributed by atoms with Gasteiger partial charge in [-0.05, 0) is 57.8 Å². The van der Waals surface area contributed by atoms with Crippen molar-refractivity contribution in [3.8, 4) is 0 Å². The highest BCUT2D eigenvalue weighted by atomic mass is 16.3. The summed E-state index contributed by atoms with van der Waals surface area (Å²) in [7, 11) is 0. The van der Waals surface area contributed by atoms with Gasteiger partial charge >= 0.3 is 0 Å². The van der Waals surface area contributed by atoms with Crippen molar-refractivity contribution in [1.29, 1.82) is 0 Å². The van der Waals surface area contributed by atoms with Gasteiger partial charge in [0, 0.05) is 6.42 Å². The van der Waals surface area contributed by atoms with Crippen LogP contribution in [0, 0.1) is 0 Å². The first-order chi connectivity index (χ1) is 21.7. The second kappa shape index (κ2) is 35.6. The Balaban J connectivity index is 3.53. The first kappa shape index (κ1) is 42.1. The van der Waals surface area contributed by atoms with Crippen molar-refractivity contribution in [2.45, 2.75) is 180 Å². The lowest BCUT2D eigenvalue weighted by Gasteiger charge is -2.20. The Morgan fingerprint density at radius 3 is 1.50 bits per heavy atom. The minimum Gasteiger partial charge on any atom is -0.394 e. The number of carbonyl (C=O) groups excluding carboxylic acids is 1. The Hall–Kier alpha value is -1.91. The highest BCUT2D eigenvalue weighted by molar-refractivity contribution is 5.76. The molecule has 254 valence electrons. The highest BCUT2D eigenvalue weighted by Gasteiger charge is 2.17. The van der Waals surface area contributed by atoms with E-state index in [1.807, 2.05) is 6.08 Å². The van der Waals surface area contributed by atoms with Crippen molar-refractivity contribution in [2.24, 2.45) is 0 Å². The van der Waals surface area contributed by atoms with E-state index in [0.29, 0.717) is 6.42 Å². The first-order valence-corrected chi connectivity index (χ1v) is 18.5. The number of carbonyl (C=O) groups is 1. The average molecular weight is 614 g/mol. The summed E-state index contributed by atoms with van der Waals surface area (Å²) in [5.74, 6) is -0.0745. The van der Waals surface area contributed by atoms with Gasteiger partial charge in [0.25, 0.3) is 0 Å². The van der Waals surface area contributed by atoms with Gasteiger partial charge in [0.2, 0.25) is 5.91 Å². The Morgan fingerprint density at radius 2 is 1.00 bits per heavy atom. The molecule has 0 aromatic heterocycles. The van der Waals surface area contributed by atoms with Gasteiger partial charge in [0.05, 0.1) is 18.8 Å². The molecule has 1 amide bonds. The van der Waals surface area contributed by atoms with Crippen LogP contribution in [0.4, 0.5) is 0 Å². The SMILES string of the molecule is CC/C=C\C/C=C\C/C=C\C/C=C\CCCCCCCCCCCCCCC(=O)NC(CO)C(O)/C=C/CCCCCCC. The molecular weight excluding hydrogens is 542 g/mol. The Bertz CT molecular complexity index is 752. The quantitative estimate of drug-likeness (QED) is 0.0522. The second-order valence-corrected chi connectivity index (χ2v) is 12.3. The fourth-order valence-corrected chi connectivity index (χ4v) is 5.17. The predicted molar refractivity (Wildman–Crippen MR) is 193 cm³/mol. The van der Waals surface area contributed by atoms with Gasteiger partial charge in [-0.3, -0.25) is 4.79 Å². The van der Waals surface area contributed by atoms with Gasteiger partial charge in [-0.15, -0.1) is 0 Å². The van der Waals surface area contributed by atoms with Crippen molar-refractivity contribution in [2.75, 3.05) is 6.61 Å². The van der Waals surface area contributed by atoms with Crippen LogP contribution in [0.1, 0.15) is 168 Å². The van der Waals surface area contributed by atoms with E-state index in [4.69, 9.17) is 0 Å². The molecule has 0 aliphatic carbocycles. The van der Waals surface area contributed by atoms with Crippen LogP contribution in [0.25, 0.3) is 0 Å². The van der Waals surface area contributed by atoms with Gasteiger partial charge in [-0.2, -0.15) is 0 Å². The number of hydrogen-bond acceptors (Lipinski definition) is 3. The number of amides is 1. The third-order valence-electron chi connectivity index (χ3n) is 8.01. The molecule has 2 unspecified atom stereocenters. The number of hydrogen-bond donors (Lipinski definition) is 3. The standard InChI is InChI=1S/C40H71NO3/c1-3-5-7-9-11-12-13-14-15-16-17-18-19-20-21-22-23-24-25-26-27-28-30-32-34-36-40(44)41-38(37-42)39(43)35-33-31-29-10-8-6-4-2/h5,7,11-12,14-15,17-18,33,35,38-39,42-43H,3-4,6,8-10,13,16,19-32,34,36-37H2,1-2H3,(H,41,44)/b7-5-,12-11-,15-14-,18-17-,35-33+. The number of rotatable bonds is 32. The predicted octanol–water partition coefficient (Wildman–Crippen LogP) is 11.0. The summed E-state index contributed by atoms with van der Waals surface area (Å²) in [6, 6.07) is -0.621. The lowest BCUT2D eigenvalue weighted by Crippen LogP contribution is -2.45. The summed E-state index contributed by atoms with van der Waals surface area (Å²) < 4.78 is 0. The van der Waals surface area contributed by atoms with E-state index < -0.39 is 12.1 Å². The van der Waals surface area contributed by atoms with Crippen LogP contribution in [-0.2, 0) is 4.79 Å². The lowest BCUT2D eigenvalue weighted by molar-refractivity contribution is -0.123. The van der Waals surface area contributed by atoms with Gasteiger partial charge in [-0.25, -0.2) is 0 Å². The Morgan fingerprint density at radius 1 is 0.568 bits per heavy atom. The van der Waals surface area contributed by atoms with Gasteiger partial charge in [-0.1, -0.05) is 164 Å². The third kappa shape index (κ3) is 31.5. The molecule has 0 spiro atoms. The van der Waals surface area contributed by atoms with Crippen LogP contribution < -0.4 is 5.32 Å². The molecule has 0 fully saturated rings. The molecule has 0 bridgehead atoms. The summed E-state index contributed by atoms with van der Waals surface area (Å²) >= 11 is 0. The second-order valence-electron chi connectivity index (χ2n) is 12.3. The van der Waals surface area contributed by atoms with Gasteiger partial charge < -0.3 is 15.5 Å². The van der Waals surface area contributed by atoms with E-state index in [9.17, 15) is 15.0 Å². The maximum atomic E-state index is 12.3. The molecule has 0 aromatic carbocycles. The zero-order valence-electron chi connectivity index (χ0n) is 28.9. The lowest BCUT2D eigenvalue weighted by atomic mass is 10.0. The fraction of sp³-hybridized carbons (Fsp3) is 0.725. The van der Waals surface area contributed by atoms with Crippen LogP contribution in [0.3, 0.4) is 0 Å². The van der Waals surface area contributed by atoms with Crippen LogP contribution in [0.5, 0.6) is 0 Å². The number of nitrogens with one attached hydrogen (secondary N) is 1. The molecule has 0 aliphatic heterocycles.